The minimum atomic E-state index is -0.141. The Balaban J connectivity index is 2.30. The summed E-state index contributed by atoms with van der Waals surface area (Å²) in [6, 6.07) is 15.1. The largest absolute Gasteiger partial charge is 0.377 e. The first-order chi connectivity index (χ1) is 14.4. The van der Waals surface area contributed by atoms with Crippen LogP contribution in [0.5, 0.6) is 0 Å². The molecule has 0 bridgehead atoms. The van der Waals surface area contributed by atoms with Gasteiger partial charge in [0.2, 0.25) is 5.91 Å². The summed E-state index contributed by atoms with van der Waals surface area (Å²) >= 11 is 0. The van der Waals surface area contributed by atoms with Gasteiger partial charge in [0.15, 0.2) is 0 Å². The van der Waals surface area contributed by atoms with Crippen molar-refractivity contribution in [3.63, 3.8) is 0 Å². The van der Waals surface area contributed by atoms with E-state index in [-0.39, 0.29) is 17.7 Å². The highest BCUT2D eigenvalue weighted by Crippen LogP contribution is 2.26. The van der Waals surface area contributed by atoms with Crippen LogP contribution in [0.25, 0.3) is 0 Å². The molecule has 0 aliphatic carbocycles. The minimum Gasteiger partial charge on any atom is -0.377 e. The first-order valence-corrected chi connectivity index (χ1v) is 10.9. The normalized spacial score (nSPS) is 10.7. The molecule has 2 rings (SSSR count). The molecule has 0 aliphatic rings. The van der Waals surface area contributed by atoms with E-state index in [0.717, 1.165) is 42.7 Å². The van der Waals surface area contributed by atoms with E-state index in [4.69, 9.17) is 0 Å². The number of hydrogen-bond acceptors (Lipinski definition) is 3. The SMILES string of the molecule is CCCN(Cc1cc(NC(=O)c2ccccc2)ccc1N(C)C)C(=O)C(CC)CC. The minimum absolute atomic E-state index is 0.0559. The summed E-state index contributed by atoms with van der Waals surface area (Å²) in [6.07, 6.45) is 2.61. The zero-order valence-corrected chi connectivity index (χ0v) is 18.9. The van der Waals surface area contributed by atoms with Gasteiger partial charge in [-0.1, -0.05) is 39.0 Å². The maximum Gasteiger partial charge on any atom is 0.255 e. The number of rotatable bonds is 10. The smallest absolute Gasteiger partial charge is 0.255 e. The molecule has 0 spiro atoms. The highest BCUT2D eigenvalue weighted by atomic mass is 16.2. The van der Waals surface area contributed by atoms with Crippen molar-refractivity contribution in [2.45, 2.75) is 46.6 Å². The number of anilines is 2. The summed E-state index contributed by atoms with van der Waals surface area (Å²) in [7, 11) is 3.99. The highest BCUT2D eigenvalue weighted by molar-refractivity contribution is 6.04. The van der Waals surface area contributed by atoms with E-state index in [1.165, 1.54) is 0 Å². The Bertz CT molecular complexity index is 830. The second kappa shape index (κ2) is 11.4. The van der Waals surface area contributed by atoms with Crippen LogP contribution >= 0.6 is 0 Å². The molecule has 0 aromatic heterocycles. The van der Waals surface area contributed by atoms with E-state index in [0.29, 0.717) is 12.1 Å². The van der Waals surface area contributed by atoms with Gasteiger partial charge in [0.05, 0.1) is 0 Å². The van der Waals surface area contributed by atoms with Crippen LogP contribution in [0.4, 0.5) is 11.4 Å². The maximum atomic E-state index is 13.1. The van der Waals surface area contributed by atoms with E-state index in [9.17, 15) is 9.59 Å². The number of nitrogens with one attached hydrogen (secondary N) is 1. The van der Waals surface area contributed by atoms with Crippen molar-refractivity contribution in [1.82, 2.24) is 4.90 Å². The Kier molecular flexibility index (Phi) is 8.90. The van der Waals surface area contributed by atoms with Gasteiger partial charge in [-0.05, 0) is 55.2 Å². The molecule has 5 nitrogen and oxygen atoms in total. The van der Waals surface area contributed by atoms with Gasteiger partial charge in [-0.2, -0.15) is 0 Å². The highest BCUT2D eigenvalue weighted by Gasteiger charge is 2.22. The van der Waals surface area contributed by atoms with E-state index in [1.807, 2.05) is 60.3 Å². The van der Waals surface area contributed by atoms with E-state index < -0.39 is 0 Å². The lowest BCUT2D eigenvalue weighted by Gasteiger charge is -2.28. The van der Waals surface area contributed by atoms with E-state index in [1.54, 1.807) is 12.1 Å². The van der Waals surface area contributed by atoms with Crippen LogP contribution in [0.3, 0.4) is 0 Å². The van der Waals surface area contributed by atoms with Crippen molar-refractivity contribution in [1.29, 1.82) is 0 Å². The molecule has 0 fully saturated rings. The number of benzene rings is 2. The average Bonchev–Trinajstić information content (AvgIpc) is 2.74. The fourth-order valence-electron chi connectivity index (χ4n) is 3.66. The van der Waals surface area contributed by atoms with E-state index >= 15 is 0 Å². The molecule has 0 saturated carbocycles. The van der Waals surface area contributed by atoms with E-state index in [2.05, 4.69) is 26.1 Å². The van der Waals surface area contributed by atoms with Crippen LogP contribution in [0.2, 0.25) is 0 Å². The van der Waals surface area contributed by atoms with Gasteiger partial charge in [-0.3, -0.25) is 9.59 Å². The van der Waals surface area contributed by atoms with Crippen LogP contribution in [0.15, 0.2) is 48.5 Å². The van der Waals surface area contributed by atoms with Crippen molar-refractivity contribution >= 4 is 23.2 Å². The molecular weight excluding hydrogens is 374 g/mol. The third kappa shape index (κ3) is 6.09. The van der Waals surface area contributed by atoms with Crippen LogP contribution in [0.1, 0.15) is 56.0 Å². The predicted molar refractivity (Wildman–Crippen MR) is 125 cm³/mol. The molecule has 0 saturated heterocycles. The fraction of sp³-hybridized carbons (Fsp3) is 0.440. The van der Waals surface area contributed by atoms with Crippen molar-refractivity contribution in [3.05, 3.63) is 59.7 Å². The molecule has 2 aromatic carbocycles. The quantitative estimate of drug-likeness (QED) is 0.588. The Labute approximate surface area is 181 Å². The molecule has 5 heteroatoms. The Morgan fingerprint density at radius 1 is 0.967 bits per heavy atom. The molecule has 162 valence electrons. The molecular formula is C25H35N3O2. The lowest BCUT2D eigenvalue weighted by Crippen LogP contribution is -2.36. The molecule has 2 aromatic rings. The summed E-state index contributed by atoms with van der Waals surface area (Å²) in [5.41, 5.74) is 3.42. The van der Waals surface area contributed by atoms with Crippen molar-refractivity contribution in [2.24, 2.45) is 5.92 Å². The molecule has 0 aliphatic heterocycles. The van der Waals surface area contributed by atoms with Gasteiger partial charge in [-0.15, -0.1) is 0 Å². The number of carbonyl (C=O) groups is 2. The maximum absolute atomic E-state index is 13.1. The van der Waals surface area contributed by atoms with Gasteiger partial charge >= 0.3 is 0 Å². The average molecular weight is 410 g/mol. The topological polar surface area (TPSA) is 52.7 Å². The molecule has 0 heterocycles. The number of nitrogens with zero attached hydrogens (tertiary/aromatic N) is 2. The van der Waals surface area contributed by atoms with Crippen LogP contribution in [0, 0.1) is 5.92 Å². The Hall–Kier alpha value is -2.82. The molecule has 2 amide bonds. The van der Waals surface area contributed by atoms with Crippen LogP contribution in [-0.2, 0) is 11.3 Å². The second-order valence-corrected chi connectivity index (χ2v) is 7.83. The molecule has 1 N–H and O–H groups in total. The Morgan fingerprint density at radius 2 is 1.63 bits per heavy atom. The lowest BCUT2D eigenvalue weighted by molar-refractivity contribution is -0.136. The van der Waals surface area contributed by atoms with Gasteiger partial charge in [-0.25, -0.2) is 0 Å². The standard InChI is InChI=1S/C25H35N3O2/c1-6-16-28(25(30)19(7-2)8-3)18-21-17-22(14-15-23(21)27(4)5)26-24(29)20-12-10-9-11-13-20/h9-15,17,19H,6-8,16,18H2,1-5H3,(H,26,29). The van der Waals surface area contributed by atoms with Crippen molar-refractivity contribution in [2.75, 3.05) is 30.9 Å². The third-order valence-corrected chi connectivity index (χ3v) is 5.36. The lowest BCUT2D eigenvalue weighted by atomic mass is 10.0. The molecule has 30 heavy (non-hydrogen) atoms. The summed E-state index contributed by atoms with van der Waals surface area (Å²) < 4.78 is 0. The molecule has 0 radical (unpaired) electrons. The second-order valence-electron chi connectivity index (χ2n) is 7.83. The summed E-state index contributed by atoms with van der Waals surface area (Å²) in [5.74, 6) is 0.128. The molecule has 0 unspecified atom stereocenters. The van der Waals surface area contributed by atoms with Gasteiger partial charge in [0.25, 0.3) is 5.91 Å². The van der Waals surface area contributed by atoms with Gasteiger partial charge < -0.3 is 15.1 Å². The summed E-state index contributed by atoms with van der Waals surface area (Å²) in [4.78, 5) is 29.6. The van der Waals surface area contributed by atoms with Crippen molar-refractivity contribution < 1.29 is 9.59 Å². The van der Waals surface area contributed by atoms with Crippen LogP contribution < -0.4 is 10.2 Å². The third-order valence-electron chi connectivity index (χ3n) is 5.36. The van der Waals surface area contributed by atoms with Crippen molar-refractivity contribution in [3.8, 4) is 0 Å². The van der Waals surface area contributed by atoms with Crippen LogP contribution in [-0.4, -0.2) is 37.4 Å². The van der Waals surface area contributed by atoms with Gasteiger partial charge in [0.1, 0.15) is 0 Å². The first kappa shape index (κ1) is 23.5. The predicted octanol–water partition coefficient (Wildman–Crippen LogP) is 5.18. The van der Waals surface area contributed by atoms with Gasteiger partial charge in [0, 0.05) is 50.0 Å². The summed E-state index contributed by atoms with van der Waals surface area (Å²) in [5, 5.41) is 2.98. The zero-order chi connectivity index (χ0) is 22.1. The Morgan fingerprint density at radius 3 is 2.20 bits per heavy atom. The first-order valence-electron chi connectivity index (χ1n) is 10.9. The number of carbonyl (C=O) groups excluding carboxylic acids is 2. The number of amides is 2. The fourth-order valence-corrected chi connectivity index (χ4v) is 3.66. The molecule has 0 atom stereocenters. The zero-order valence-electron chi connectivity index (χ0n) is 18.9. The monoisotopic (exact) mass is 409 g/mol. The summed E-state index contributed by atoms with van der Waals surface area (Å²) in [6.45, 7) is 7.49. The number of hydrogen-bond donors (Lipinski definition) is 1.